The molecule has 2 aromatic heterocycles. The van der Waals surface area contributed by atoms with Gasteiger partial charge in [-0.1, -0.05) is 18.2 Å². The van der Waals surface area contributed by atoms with Crippen molar-refractivity contribution in [2.75, 3.05) is 18.4 Å². The third-order valence-electron chi connectivity index (χ3n) is 5.47. The number of aromatic amines is 1. The number of aryl methyl sites for hydroxylation is 1. The summed E-state index contributed by atoms with van der Waals surface area (Å²) in [4.78, 5) is 28.9. The molecule has 0 unspecified atom stereocenters. The van der Waals surface area contributed by atoms with Gasteiger partial charge in [0.05, 0.1) is 11.3 Å². The van der Waals surface area contributed by atoms with Crippen molar-refractivity contribution >= 4 is 17.6 Å². The highest BCUT2D eigenvalue weighted by Gasteiger charge is 2.38. The van der Waals surface area contributed by atoms with Gasteiger partial charge in [-0.2, -0.15) is 13.2 Å². The zero-order valence-electron chi connectivity index (χ0n) is 17.4. The van der Waals surface area contributed by atoms with E-state index in [4.69, 9.17) is 9.90 Å². The first-order valence-corrected chi connectivity index (χ1v) is 10.4. The van der Waals surface area contributed by atoms with Gasteiger partial charge in [-0.05, 0) is 36.6 Å². The number of alkyl halides is 3. The van der Waals surface area contributed by atoms with Crippen LogP contribution in [0.3, 0.4) is 0 Å². The fourth-order valence-corrected chi connectivity index (χ4v) is 3.92. The van der Waals surface area contributed by atoms with Crippen molar-refractivity contribution in [2.45, 2.75) is 25.4 Å². The van der Waals surface area contributed by atoms with E-state index in [1.54, 1.807) is 0 Å². The molecule has 0 saturated heterocycles. The molecule has 5 rings (SSSR count). The molecule has 172 valence electrons. The average molecular weight is 458 g/mol. The number of anilines is 1. The summed E-state index contributed by atoms with van der Waals surface area (Å²) in [6.07, 6.45) is -0.129. The van der Waals surface area contributed by atoms with E-state index in [1.807, 2.05) is 18.3 Å². The van der Waals surface area contributed by atoms with Crippen LogP contribution in [0.5, 0.6) is 0 Å². The van der Waals surface area contributed by atoms with E-state index in [0.29, 0.717) is 6.54 Å². The van der Waals surface area contributed by atoms with Gasteiger partial charge in [0, 0.05) is 53.9 Å². The Balaban J connectivity index is 0.000000325. The third-order valence-corrected chi connectivity index (χ3v) is 5.47. The molecular weight excluding hydrogens is 437 g/mol. The van der Waals surface area contributed by atoms with Gasteiger partial charge in [0.15, 0.2) is 0 Å². The summed E-state index contributed by atoms with van der Waals surface area (Å²) in [6.45, 7) is 1.69. The van der Waals surface area contributed by atoms with Crippen LogP contribution in [0.4, 0.5) is 18.9 Å². The van der Waals surface area contributed by atoms with Gasteiger partial charge >= 0.3 is 12.1 Å². The summed E-state index contributed by atoms with van der Waals surface area (Å²) >= 11 is 0. The number of para-hydroxylation sites is 1. The Hall–Kier alpha value is -3.82. The van der Waals surface area contributed by atoms with Crippen LogP contribution in [0, 0.1) is 0 Å². The number of carboxylic acid groups (broad SMARTS) is 1. The molecule has 0 spiro atoms. The maximum absolute atomic E-state index is 12.0. The highest BCUT2D eigenvalue weighted by atomic mass is 19.4. The number of hydrogen-bond donors (Lipinski definition) is 4. The predicted molar refractivity (Wildman–Crippen MR) is 116 cm³/mol. The van der Waals surface area contributed by atoms with Crippen LogP contribution >= 0.6 is 0 Å². The highest BCUT2D eigenvalue weighted by Crippen LogP contribution is 2.34. The van der Waals surface area contributed by atoms with E-state index in [-0.39, 0.29) is 5.91 Å². The molecule has 4 N–H and O–H groups in total. The molecule has 3 aromatic rings. The smallest absolute Gasteiger partial charge is 0.475 e. The molecule has 10 heteroatoms. The molecule has 2 aliphatic heterocycles. The van der Waals surface area contributed by atoms with Crippen LogP contribution in [0.25, 0.3) is 22.5 Å². The Kier molecular flexibility index (Phi) is 6.08. The Bertz CT molecular complexity index is 1200. The fraction of sp³-hybridized carbons (Fsp3) is 0.261. The second kappa shape index (κ2) is 8.97. The average Bonchev–Trinajstić information content (AvgIpc) is 3.24. The van der Waals surface area contributed by atoms with Crippen molar-refractivity contribution in [3.8, 4) is 22.5 Å². The lowest BCUT2D eigenvalue weighted by atomic mass is 9.97. The quantitative estimate of drug-likeness (QED) is 0.464. The normalized spacial score (nSPS) is 14.7. The van der Waals surface area contributed by atoms with Crippen molar-refractivity contribution in [3.63, 3.8) is 0 Å². The highest BCUT2D eigenvalue weighted by molar-refractivity contribution is 5.98. The minimum Gasteiger partial charge on any atom is -0.475 e. The molecule has 1 amide bonds. The van der Waals surface area contributed by atoms with Gasteiger partial charge in [-0.15, -0.1) is 0 Å². The number of carbonyl (C=O) groups excluding carboxylic acids is 1. The molecule has 0 bridgehead atoms. The number of fused-ring (bicyclic) bond motifs is 2. The monoisotopic (exact) mass is 458 g/mol. The van der Waals surface area contributed by atoms with Crippen molar-refractivity contribution in [1.82, 2.24) is 15.3 Å². The van der Waals surface area contributed by atoms with Gasteiger partial charge in [-0.3, -0.25) is 9.78 Å². The van der Waals surface area contributed by atoms with Gasteiger partial charge in [-0.25, -0.2) is 4.79 Å². The van der Waals surface area contributed by atoms with E-state index in [1.165, 1.54) is 17.7 Å². The maximum atomic E-state index is 12.0. The second-order valence-electron chi connectivity index (χ2n) is 7.68. The number of carboxylic acids is 1. The first kappa shape index (κ1) is 22.4. The number of pyridine rings is 1. The fourth-order valence-electron chi connectivity index (χ4n) is 3.92. The van der Waals surface area contributed by atoms with Gasteiger partial charge < -0.3 is 20.7 Å². The topological polar surface area (TPSA) is 107 Å². The molecule has 1 aromatic carbocycles. The lowest BCUT2D eigenvalue weighted by molar-refractivity contribution is -0.192. The number of hydrogen-bond acceptors (Lipinski definition) is 4. The SMILES string of the molecule is O=C(O)C(F)(F)F.O=C1NCCc2[nH]c(-c3ccnc(-c4cccc5c4NCCC5)c3)cc21. The molecule has 2 aliphatic rings. The number of H-pyrrole nitrogens is 1. The molecule has 0 saturated carbocycles. The van der Waals surface area contributed by atoms with E-state index in [2.05, 4.69) is 44.9 Å². The van der Waals surface area contributed by atoms with Crippen LogP contribution in [-0.2, 0) is 17.6 Å². The van der Waals surface area contributed by atoms with E-state index in [9.17, 15) is 18.0 Å². The molecule has 0 fully saturated rings. The number of amides is 1. The summed E-state index contributed by atoms with van der Waals surface area (Å²) in [7, 11) is 0. The van der Waals surface area contributed by atoms with Crippen LogP contribution in [-0.4, -0.2) is 46.2 Å². The summed E-state index contributed by atoms with van der Waals surface area (Å²) in [5, 5.41) is 13.6. The molecule has 0 aliphatic carbocycles. The van der Waals surface area contributed by atoms with E-state index < -0.39 is 12.1 Å². The minimum absolute atomic E-state index is 0.00404. The first-order chi connectivity index (χ1) is 15.7. The Morgan fingerprint density at radius 3 is 2.55 bits per heavy atom. The lowest BCUT2D eigenvalue weighted by Gasteiger charge is -2.21. The van der Waals surface area contributed by atoms with E-state index in [0.717, 1.165) is 53.2 Å². The standard InChI is InChI=1S/C21H20N4O.C2HF3O2/c26-21-16-12-18(25-17(16)7-10-24-21)14-6-9-22-19(11-14)15-5-1-3-13-4-2-8-23-20(13)15;3-2(4,5)1(6)7/h1,3,5-6,9,11-12,23,25H,2,4,7-8,10H2,(H,24,26);(H,6,7). The summed E-state index contributed by atoms with van der Waals surface area (Å²) in [6, 6.07) is 12.4. The predicted octanol–water partition coefficient (Wildman–Crippen LogP) is 4.02. The van der Waals surface area contributed by atoms with Crippen LogP contribution < -0.4 is 10.6 Å². The molecule has 0 atom stereocenters. The number of carbonyl (C=O) groups is 2. The number of benzene rings is 1. The molecular formula is C23H21F3N4O3. The van der Waals surface area contributed by atoms with Crippen molar-refractivity contribution in [3.05, 3.63) is 59.4 Å². The summed E-state index contributed by atoms with van der Waals surface area (Å²) in [5.74, 6) is -2.75. The first-order valence-electron chi connectivity index (χ1n) is 10.4. The van der Waals surface area contributed by atoms with Crippen molar-refractivity contribution in [1.29, 1.82) is 0 Å². The molecule has 33 heavy (non-hydrogen) atoms. The Labute approximate surface area is 187 Å². The van der Waals surface area contributed by atoms with Crippen LogP contribution in [0.2, 0.25) is 0 Å². The van der Waals surface area contributed by atoms with Crippen molar-refractivity contribution in [2.24, 2.45) is 0 Å². The zero-order valence-corrected chi connectivity index (χ0v) is 17.4. The van der Waals surface area contributed by atoms with Crippen LogP contribution in [0.1, 0.15) is 28.0 Å². The number of rotatable bonds is 2. The number of nitrogens with zero attached hydrogens (tertiary/aromatic N) is 1. The number of aliphatic carboxylic acids is 1. The third kappa shape index (κ3) is 4.84. The summed E-state index contributed by atoms with van der Waals surface area (Å²) < 4.78 is 31.7. The molecule has 0 radical (unpaired) electrons. The van der Waals surface area contributed by atoms with Gasteiger partial charge in [0.25, 0.3) is 5.91 Å². The van der Waals surface area contributed by atoms with Gasteiger partial charge in [0.2, 0.25) is 0 Å². The largest absolute Gasteiger partial charge is 0.490 e. The Morgan fingerprint density at radius 1 is 1.03 bits per heavy atom. The van der Waals surface area contributed by atoms with Gasteiger partial charge in [0.1, 0.15) is 0 Å². The lowest BCUT2D eigenvalue weighted by Crippen LogP contribution is -2.31. The summed E-state index contributed by atoms with van der Waals surface area (Å²) in [5.41, 5.74) is 8.42. The molecule has 7 nitrogen and oxygen atoms in total. The Morgan fingerprint density at radius 2 is 1.82 bits per heavy atom. The van der Waals surface area contributed by atoms with E-state index >= 15 is 0 Å². The number of nitrogens with one attached hydrogen (secondary N) is 3. The minimum atomic E-state index is -5.08. The maximum Gasteiger partial charge on any atom is 0.490 e. The second-order valence-corrected chi connectivity index (χ2v) is 7.68. The van der Waals surface area contributed by atoms with Crippen molar-refractivity contribution < 1.29 is 27.9 Å². The number of aromatic nitrogens is 2. The molecule has 4 heterocycles. The zero-order chi connectivity index (χ0) is 23.6. The number of halogens is 3. The van der Waals surface area contributed by atoms with Crippen LogP contribution in [0.15, 0.2) is 42.6 Å².